The third kappa shape index (κ3) is 4.78. The Labute approximate surface area is 183 Å². The summed E-state index contributed by atoms with van der Waals surface area (Å²) in [6, 6.07) is 10.5. The van der Waals surface area contributed by atoms with E-state index in [2.05, 4.69) is 24.5 Å². The molecule has 0 bridgehead atoms. The van der Waals surface area contributed by atoms with Crippen LogP contribution in [0.5, 0.6) is 11.5 Å². The average Bonchev–Trinajstić information content (AvgIpc) is 2.66. The summed E-state index contributed by atoms with van der Waals surface area (Å²) in [5, 5.41) is 6.43. The highest BCUT2D eigenvalue weighted by Crippen LogP contribution is 2.47. The van der Waals surface area contributed by atoms with Crippen molar-refractivity contribution < 1.29 is 18.7 Å². The fraction of sp³-hybridized carbons (Fsp3) is 0.480. The first kappa shape index (κ1) is 21.5. The lowest BCUT2D eigenvalue weighted by atomic mass is 9.74. The fourth-order valence-corrected chi connectivity index (χ4v) is 4.33. The molecule has 2 aromatic rings. The van der Waals surface area contributed by atoms with Gasteiger partial charge in [-0.05, 0) is 86.9 Å². The number of carbonyl (C=O) groups excluding carboxylic acids is 1. The highest BCUT2D eigenvalue weighted by molar-refractivity contribution is 5.72. The molecule has 166 valence electrons. The van der Waals surface area contributed by atoms with Gasteiger partial charge in [-0.1, -0.05) is 13.8 Å². The van der Waals surface area contributed by atoms with Crippen molar-refractivity contribution >= 4 is 11.8 Å². The summed E-state index contributed by atoms with van der Waals surface area (Å²) in [6.45, 7) is 8.23. The second kappa shape index (κ2) is 8.40. The predicted molar refractivity (Wildman–Crippen MR) is 119 cm³/mol. The molecule has 0 spiro atoms. The molecule has 1 fully saturated rings. The van der Waals surface area contributed by atoms with Gasteiger partial charge >= 0.3 is 6.09 Å². The Kier molecular flexibility index (Phi) is 5.82. The van der Waals surface area contributed by atoms with Crippen molar-refractivity contribution in [1.29, 1.82) is 0 Å². The van der Waals surface area contributed by atoms with E-state index in [0.29, 0.717) is 11.5 Å². The van der Waals surface area contributed by atoms with E-state index < -0.39 is 6.09 Å². The maximum atomic E-state index is 14.1. The number of hydrogen-bond acceptors (Lipinski definition) is 4. The Morgan fingerprint density at radius 1 is 1.19 bits per heavy atom. The first-order valence-electron chi connectivity index (χ1n) is 11.1. The largest absolute Gasteiger partial charge is 0.491 e. The lowest BCUT2D eigenvalue weighted by Crippen LogP contribution is -2.41. The summed E-state index contributed by atoms with van der Waals surface area (Å²) in [5.41, 5.74) is 2.62. The Balaban J connectivity index is 1.57. The highest BCUT2D eigenvalue weighted by Gasteiger charge is 2.35. The molecule has 4 rings (SSSR count). The van der Waals surface area contributed by atoms with Gasteiger partial charge in [0.1, 0.15) is 17.3 Å². The SMILES string of the molecule is CC(C)Oc1ccc(F)cc1C1CC(C)(C)c2cc(OC(=O)NC3CCC3)ccc2N1. The van der Waals surface area contributed by atoms with Gasteiger partial charge in [0, 0.05) is 17.3 Å². The third-order valence-electron chi connectivity index (χ3n) is 6.11. The van der Waals surface area contributed by atoms with Crippen molar-refractivity contribution in [2.24, 2.45) is 0 Å². The molecule has 1 saturated carbocycles. The maximum absolute atomic E-state index is 14.1. The zero-order valence-corrected chi connectivity index (χ0v) is 18.6. The van der Waals surface area contributed by atoms with Gasteiger partial charge in [0.05, 0.1) is 12.1 Å². The van der Waals surface area contributed by atoms with Gasteiger partial charge in [-0.3, -0.25) is 0 Å². The van der Waals surface area contributed by atoms with Crippen LogP contribution in [0.2, 0.25) is 0 Å². The second-order valence-corrected chi connectivity index (χ2v) is 9.50. The van der Waals surface area contributed by atoms with Crippen molar-refractivity contribution in [2.75, 3.05) is 5.32 Å². The number of anilines is 1. The number of ether oxygens (including phenoxy) is 2. The molecular formula is C25H31FN2O3. The molecule has 2 N–H and O–H groups in total. The third-order valence-corrected chi connectivity index (χ3v) is 6.11. The number of rotatable bonds is 5. The molecule has 2 aromatic carbocycles. The summed E-state index contributed by atoms with van der Waals surface area (Å²) < 4.78 is 25.6. The number of fused-ring (bicyclic) bond motifs is 1. The summed E-state index contributed by atoms with van der Waals surface area (Å²) in [5.74, 6) is 0.942. The maximum Gasteiger partial charge on any atom is 0.412 e. The van der Waals surface area contributed by atoms with Gasteiger partial charge in [0.25, 0.3) is 0 Å². The number of hydrogen-bond donors (Lipinski definition) is 2. The molecule has 1 aliphatic carbocycles. The van der Waals surface area contributed by atoms with Crippen molar-refractivity contribution in [3.05, 3.63) is 53.3 Å². The molecule has 1 aliphatic heterocycles. The molecule has 1 heterocycles. The Morgan fingerprint density at radius 2 is 1.97 bits per heavy atom. The summed E-state index contributed by atoms with van der Waals surface area (Å²) in [4.78, 5) is 12.1. The number of amides is 1. The van der Waals surface area contributed by atoms with Gasteiger partial charge in [-0.25, -0.2) is 9.18 Å². The van der Waals surface area contributed by atoms with E-state index in [9.17, 15) is 9.18 Å². The van der Waals surface area contributed by atoms with Gasteiger partial charge in [-0.2, -0.15) is 0 Å². The molecule has 1 amide bonds. The molecule has 0 aromatic heterocycles. The normalized spacial score (nSPS) is 19.7. The van der Waals surface area contributed by atoms with Crippen molar-refractivity contribution in [1.82, 2.24) is 5.32 Å². The molecule has 31 heavy (non-hydrogen) atoms. The van der Waals surface area contributed by atoms with Crippen LogP contribution >= 0.6 is 0 Å². The topological polar surface area (TPSA) is 59.6 Å². The second-order valence-electron chi connectivity index (χ2n) is 9.50. The van der Waals surface area contributed by atoms with Crippen LogP contribution in [-0.4, -0.2) is 18.2 Å². The van der Waals surface area contributed by atoms with Gasteiger partial charge in [-0.15, -0.1) is 0 Å². The lowest BCUT2D eigenvalue weighted by Gasteiger charge is -2.39. The minimum atomic E-state index is -0.403. The van der Waals surface area contributed by atoms with E-state index >= 15 is 0 Å². The molecule has 5 nitrogen and oxygen atoms in total. The first-order chi connectivity index (χ1) is 14.7. The lowest BCUT2D eigenvalue weighted by molar-refractivity contribution is 0.188. The molecule has 2 aliphatic rings. The number of halogens is 1. The zero-order valence-electron chi connectivity index (χ0n) is 18.6. The minimum absolute atomic E-state index is 0.00103. The number of benzene rings is 2. The standard InChI is InChI=1S/C25H31FN2O3/c1-15(2)30-23-11-8-16(26)12-19(23)22-14-25(3,4)20-13-18(9-10-21(20)28-22)31-24(29)27-17-6-5-7-17/h8-13,15,17,22,28H,5-7,14H2,1-4H3,(H,27,29). The highest BCUT2D eigenvalue weighted by atomic mass is 19.1. The van der Waals surface area contributed by atoms with Crippen LogP contribution in [0.1, 0.15) is 70.5 Å². The number of nitrogens with one attached hydrogen (secondary N) is 2. The number of carbonyl (C=O) groups is 1. The van der Waals surface area contributed by atoms with Crippen LogP contribution in [-0.2, 0) is 5.41 Å². The van der Waals surface area contributed by atoms with Crippen LogP contribution in [0.15, 0.2) is 36.4 Å². The minimum Gasteiger partial charge on any atom is -0.491 e. The van der Waals surface area contributed by atoms with E-state index in [0.717, 1.165) is 42.5 Å². The fourth-order valence-electron chi connectivity index (χ4n) is 4.33. The van der Waals surface area contributed by atoms with Crippen LogP contribution < -0.4 is 20.1 Å². The van der Waals surface area contributed by atoms with Gasteiger partial charge < -0.3 is 20.1 Å². The molecule has 1 atom stereocenters. The molecule has 0 radical (unpaired) electrons. The van der Waals surface area contributed by atoms with Crippen LogP contribution in [0.3, 0.4) is 0 Å². The monoisotopic (exact) mass is 426 g/mol. The first-order valence-corrected chi connectivity index (χ1v) is 11.1. The van der Waals surface area contributed by atoms with E-state index in [-0.39, 0.29) is 29.4 Å². The van der Waals surface area contributed by atoms with E-state index in [1.54, 1.807) is 18.2 Å². The van der Waals surface area contributed by atoms with Gasteiger partial charge in [0.2, 0.25) is 0 Å². The Hall–Kier alpha value is -2.76. The van der Waals surface area contributed by atoms with E-state index in [1.807, 2.05) is 26.0 Å². The van der Waals surface area contributed by atoms with Crippen molar-refractivity contribution in [3.8, 4) is 11.5 Å². The smallest absolute Gasteiger partial charge is 0.412 e. The summed E-state index contributed by atoms with van der Waals surface area (Å²) >= 11 is 0. The molecule has 1 unspecified atom stereocenters. The van der Waals surface area contributed by atoms with Crippen LogP contribution in [0.4, 0.5) is 14.9 Å². The van der Waals surface area contributed by atoms with E-state index in [1.165, 1.54) is 6.07 Å². The van der Waals surface area contributed by atoms with Crippen molar-refractivity contribution in [2.45, 2.75) is 77.0 Å². The zero-order chi connectivity index (χ0) is 22.2. The molecular weight excluding hydrogens is 395 g/mol. The Morgan fingerprint density at radius 3 is 2.65 bits per heavy atom. The predicted octanol–water partition coefficient (Wildman–Crippen LogP) is 6.09. The average molecular weight is 427 g/mol. The van der Waals surface area contributed by atoms with E-state index in [4.69, 9.17) is 9.47 Å². The van der Waals surface area contributed by atoms with Crippen molar-refractivity contribution in [3.63, 3.8) is 0 Å². The quantitative estimate of drug-likeness (QED) is 0.608. The molecule has 6 heteroatoms. The summed E-state index contributed by atoms with van der Waals surface area (Å²) in [7, 11) is 0. The summed E-state index contributed by atoms with van der Waals surface area (Å²) in [6.07, 6.45) is 3.52. The molecule has 0 saturated heterocycles. The van der Waals surface area contributed by atoms with Crippen LogP contribution in [0.25, 0.3) is 0 Å². The van der Waals surface area contributed by atoms with Crippen LogP contribution in [0, 0.1) is 5.82 Å². The Bertz CT molecular complexity index is 969. The van der Waals surface area contributed by atoms with Gasteiger partial charge in [0.15, 0.2) is 0 Å².